The van der Waals surface area contributed by atoms with Crippen LogP contribution in [0.2, 0.25) is 0 Å². The van der Waals surface area contributed by atoms with Gasteiger partial charge in [-0.2, -0.15) is 0 Å². The van der Waals surface area contributed by atoms with Crippen molar-refractivity contribution in [1.29, 1.82) is 0 Å². The van der Waals surface area contributed by atoms with Crippen molar-refractivity contribution in [3.63, 3.8) is 0 Å². The lowest BCUT2D eigenvalue weighted by molar-refractivity contribution is 0.0165. The van der Waals surface area contributed by atoms with Crippen molar-refractivity contribution in [2.24, 2.45) is 5.92 Å². The number of nitrogens with zero attached hydrogens (tertiary/aromatic N) is 1. The number of aliphatic hydroxyl groups excluding tert-OH is 1. The maximum absolute atomic E-state index is 12.0. The molecule has 0 radical (unpaired) electrons. The normalized spacial score (nSPS) is 19.6. The molecule has 0 aromatic rings. The summed E-state index contributed by atoms with van der Waals surface area (Å²) >= 11 is 0. The first-order valence-electron chi connectivity index (χ1n) is 7.79. The summed E-state index contributed by atoms with van der Waals surface area (Å²) in [6.07, 6.45) is 1.94. The zero-order chi connectivity index (χ0) is 15.7. The third-order valence-corrected chi connectivity index (χ3v) is 3.26. The van der Waals surface area contributed by atoms with Gasteiger partial charge in [0.05, 0.1) is 19.8 Å². The van der Waals surface area contributed by atoms with Crippen molar-refractivity contribution >= 4 is 6.09 Å². The smallest absolute Gasteiger partial charge is 0.410 e. The lowest BCUT2D eigenvalue weighted by Gasteiger charge is -2.34. The zero-order valence-electron chi connectivity index (χ0n) is 13.6. The molecular formula is C15H30N2O4. The van der Waals surface area contributed by atoms with Crippen LogP contribution in [-0.2, 0) is 9.47 Å². The zero-order valence-corrected chi connectivity index (χ0v) is 13.6. The van der Waals surface area contributed by atoms with E-state index < -0.39 is 5.60 Å². The average molecular weight is 302 g/mol. The van der Waals surface area contributed by atoms with E-state index in [1.54, 1.807) is 0 Å². The third kappa shape index (κ3) is 8.24. The highest BCUT2D eigenvalue weighted by Crippen LogP contribution is 2.18. The summed E-state index contributed by atoms with van der Waals surface area (Å²) in [5, 5.41) is 11.9. The second-order valence-corrected chi connectivity index (χ2v) is 6.47. The van der Waals surface area contributed by atoms with Crippen LogP contribution in [0.4, 0.5) is 4.79 Å². The van der Waals surface area contributed by atoms with Gasteiger partial charge in [0.25, 0.3) is 0 Å². The van der Waals surface area contributed by atoms with E-state index >= 15 is 0 Å². The van der Waals surface area contributed by atoms with Gasteiger partial charge in [-0.3, -0.25) is 0 Å². The second-order valence-electron chi connectivity index (χ2n) is 6.47. The fourth-order valence-electron chi connectivity index (χ4n) is 2.34. The number of carbonyl (C=O) groups is 1. The summed E-state index contributed by atoms with van der Waals surface area (Å²) in [7, 11) is 0. The van der Waals surface area contributed by atoms with Crippen molar-refractivity contribution in [2.45, 2.75) is 39.2 Å². The van der Waals surface area contributed by atoms with Gasteiger partial charge >= 0.3 is 6.09 Å². The molecule has 0 bridgehead atoms. The molecule has 1 amide bonds. The minimum Gasteiger partial charge on any atom is -0.444 e. The van der Waals surface area contributed by atoms with Crippen LogP contribution in [0.15, 0.2) is 0 Å². The van der Waals surface area contributed by atoms with Gasteiger partial charge in [0, 0.05) is 19.6 Å². The van der Waals surface area contributed by atoms with E-state index in [0.29, 0.717) is 19.1 Å². The van der Waals surface area contributed by atoms with Gasteiger partial charge in [-0.25, -0.2) is 4.79 Å². The predicted molar refractivity (Wildman–Crippen MR) is 81.3 cm³/mol. The van der Waals surface area contributed by atoms with Crippen LogP contribution in [0.3, 0.4) is 0 Å². The molecule has 0 aromatic carbocycles. The van der Waals surface area contributed by atoms with E-state index in [0.717, 1.165) is 39.0 Å². The molecule has 0 aromatic heterocycles. The van der Waals surface area contributed by atoms with Crippen molar-refractivity contribution in [1.82, 2.24) is 10.2 Å². The monoisotopic (exact) mass is 302 g/mol. The van der Waals surface area contributed by atoms with Crippen LogP contribution in [0, 0.1) is 5.92 Å². The molecule has 1 rings (SSSR count). The number of likely N-dealkylation sites (tertiary alicyclic amines) is 1. The van der Waals surface area contributed by atoms with E-state index in [4.69, 9.17) is 14.6 Å². The number of aliphatic hydroxyl groups is 1. The number of carbonyl (C=O) groups excluding carboxylic acids is 1. The number of ether oxygens (including phenoxy) is 2. The maximum atomic E-state index is 12.0. The van der Waals surface area contributed by atoms with Crippen molar-refractivity contribution in [2.75, 3.05) is 46.0 Å². The lowest BCUT2D eigenvalue weighted by atomic mass is 9.98. The Morgan fingerprint density at radius 2 is 2.14 bits per heavy atom. The second kappa shape index (κ2) is 9.23. The average Bonchev–Trinajstić information content (AvgIpc) is 2.41. The van der Waals surface area contributed by atoms with E-state index in [1.807, 2.05) is 25.7 Å². The maximum Gasteiger partial charge on any atom is 0.410 e. The summed E-state index contributed by atoms with van der Waals surface area (Å²) in [6.45, 7) is 9.89. The molecule has 6 nitrogen and oxygen atoms in total. The van der Waals surface area contributed by atoms with E-state index in [9.17, 15) is 4.79 Å². The molecule has 6 heteroatoms. The molecule has 1 heterocycles. The number of nitrogens with one attached hydrogen (secondary N) is 1. The Labute approximate surface area is 127 Å². The summed E-state index contributed by atoms with van der Waals surface area (Å²) < 4.78 is 10.6. The van der Waals surface area contributed by atoms with Crippen LogP contribution in [0.5, 0.6) is 0 Å². The molecule has 124 valence electrons. The first-order chi connectivity index (χ1) is 9.92. The van der Waals surface area contributed by atoms with Crippen molar-refractivity contribution in [3.05, 3.63) is 0 Å². The highest BCUT2D eigenvalue weighted by Gasteiger charge is 2.27. The summed E-state index contributed by atoms with van der Waals surface area (Å²) in [5.41, 5.74) is -0.438. The minimum atomic E-state index is -0.438. The van der Waals surface area contributed by atoms with Crippen LogP contribution in [0.1, 0.15) is 33.6 Å². The Morgan fingerprint density at radius 3 is 2.81 bits per heavy atom. The van der Waals surface area contributed by atoms with Gasteiger partial charge < -0.3 is 24.8 Å². The van der Waals surface area contributed by atoms with Gasteiger partial charge in [0.1, 0.15) is 5.60 Å². The van der Waals surface area contributed by atoms with E-state index in [2.05, 4.69) is 5.32 Å². The first-order valence-corrected chi connectivity index (χ1v) is 7.79. The van der Waals surface area contributed by atoms with Gasteiger partial charge in [-0.05, 0) is 46.1 Å². The molecule has 1 fully saturated rings. The van der Waals surface area contributed by atoms with Gasteiger partial charge in [-0.15, -0.1) is 0 Å². The number of amides is 1. The Morgan fingerprint density at radius 1 is 1.38 bits per heavy atom. The van der Waals surface area contributed by atoms with Crippen LogP contribution in [-0.4, -0.2) is 67.7 Å². The molecule has 2 N–H and O–H groups in total. The van der Waals surface area contributed by atoms with Gasteiger partial charge in [-0.1, -0.05) is 0 Å². The topological polar surface area (TPSA) is 71.0 Å². The number of hydrogen-bond acceptors (Lipinski definition) is 5. The molecule has 1 saturated heterocycles. The summed E-state index contributed by atoms with van der Waals surface area (Å²) in [4.78, 5) is 13.9. The Kier molecular flexibility index (Phi) is 8.00. The number of rotatable bonds is 7. The standard InChI is InChI=1S/C15H30N2O4/c1-15(2,3)21-14(19)17-7-4-5-13(12-17)11-16-6-9-20-10-8-18/h13,16,18H,4-12H2,1-3H3. The van der Waals surface area contributed by atoms with Crippen molar-refractivity contribution < 1.29 is 19.4 Å². The molecule has 21 heavy (non-hydrogen) atoms. The number of piperidine rings is 1. The minimum absolute atomic E-state index is 0.0630. The highest BCUT2D eigenvalue weighted by atomic mass is 16.6. The van der Waals surface area contributed by atoms with E-state index in [-0.39, 0.29) is 12.7 Å². The van der Waals surface area contributed by atoms with Crippen LogP contribution < -0.4 is 5.32 Å². The Hall–Kier alpha value is -0.850. The Bertz CT molecular complexity index is 305. The van der Waals surface area contributed by atoms with Crippen LogP contribution in [0.25, 0.3) is 0 Å². The molecular weight excluding hydrogens is 272 g/mol. The fraction of sp³-hybridized carbons (Fsp3) is 0.933. The van der Waals surface area contributed by atoms with E-state index in [1.165, 1.54) is 0 Å². The fourth-order valence-corrected chi connectivity index (χ4v) is 2.34. The third-order valence-electron chi connectivity index (χ3n) is 3.26. The molecule has 0 saturated carbocycles. The first kappa shape index (κ1) is 18.2. The molecule has 1 unspecified atom stereocenters. The molecule has 1 atom stereocenters. The Balaban J connectivity index is 2.21. The largest absolute Gasteiger partial charge is 0.444 e. The predicted octanol–water partition coefficient (Wildman–Crippen LogP) is 1.23. The molecule has 0 spiro atoms. The van der Waals surface area contributed by atoms with Crippen LogP contribution >= 0.6 is 0 Å². The lowest BCUT2D eigenvalue weighted by Crippen LogP contribution is -2.45. The summed E-state index contributed by atoms with van der Waals surface area (Å²) in [6, 6.07) is 0. The molecule has 0 aliphatic carbocycles. The van der Waals surface area contributed by atoms with Gasteiger partial charge in [0.15, 0.2) is 0 Å². The molecule has 1 aliphatic rings. The molecule has 1 aliphatic heterocycles. The SMILES string of the molecule is CC(C)(C)OC(=O)N1CCCC(CNCCOCCO)C1. The quantitative estimate of drug-likeness (QED) is 0.692. The van der Waals surface area contributed by atoms with Gasteiger partial charge in [0.2, 0.25) is 0 Å². The van der Waals surface area contributed by atoms with Crippen molar-refractivity contribution in [3.8, 4) is 0 Å². The number of hydrogen-bond donors (Lipinski definition) is 2. The highest BCUT2D eigenvalue weighted by molar-refractivity contribution is 5.68. The summed E-state index contributed by atoms with van der Waals surface area (Å²) in [5.74, 6) is 0.462.